The first kappa shape index (κ1) is 30.9. The van der Waals surface area contributed by atoms with E-state index in [1.165, 1.54) is 13.0 Å². The van der Waals surface area contributed by atoms with E-state index >= 15 is 0 Å². The number of nitrogens with two attached hydrogens (primary N) is 1. The van der Waals surface area contributed by atoms with Crippen molar-refractivity contribution >= 4 is 21.4 Å². The Morgan fingerprint density at radius 1 is 1.05 bits per heavy atom. The van der Waals surface area contributed by atoms with Gasteiger partial charge in [0, 0.05) is 18.4 Å². The number of hydrogen-bond donors (Lipinski definition) is 2. The molecular weight excluding hydrogens is 550 g/mol. The molecule has 3 N–H and O–H groups in total. The minimum Gasteiger partial charge on any atom is -0.473 e. The highest BCUT2D eigenvalue weighted by atomic mass is 32.2. The van der Waals surface area contributed by atoms with Crippen LogP contribution in [0.5, 0.6) is 5.88 Å². The smallest absolute Gasteiger partial charge is 0.433 e. The minimum atomic E-state index is -4.71. The van der Waals surface area contributed by atoms with E-state index in [0.29, 0.717) is 5.56 Å². The quantitative estimate of drug-likeness (QED) is 0.268. The molecule has 12 heteroatoms. The van der Waals surface area contributed by atoms with Crippen LogP contribution in [0.4, 0.5) is 23.2 Å². The summed E-state index contributed by atoms with van der Waals surface area (Å²) in [5.41, 5.74) is 6.11. The lowest BCUT2D eigenvalue weighted by Gasteiger charge is -2.19. The first-order valence-corrected chi connectivity index (χ1v) is 14.1. The van der Waals surface area contributed by atoms with Crippen LogP contribution in [0.2, 0.25) is 0 Å². The summed E-state index contributed by atoms with van der Waals surface area (Å²) in [5, 5.41) is 2.57. The van der Waals surface area contributed by atoms with E-state index in [2.05, 4.69) is 31.1 Å². The van der Waals surface area contributed by atoms with E-state index in [-0.39, 0.29) is 35.6 Å². The second-order valence-corrected chi connectivity index (χ2v) is 12.5. The van der Waals surface area contributed by atoms with Crippen LogP contribution in [0.15, 0.2) is 53.4 Å². The highest BCUT2D eigenvalue weighted by molar-refractivity contribution is 7.90. The number of nitrogens with zero attached hydrogens (tertiary/aromatic N) is 1. The molecule has 3 aromatic rings. The summed E-state index contributed by atoms with van der Waals surface area (Å²) in [5.74, 6) is -3.08. The van der Waals surface area contributed by atoms with Gasteiger partial charge in [0.25, 0.3) is 0 Å². The van der Waals surface area contributed by atoms with Crippen molar-refractivity contribution < 1.29 is 35.5 Å². The molecule has 0 radical (unpaired) electrons. The van der Waals surface area contributed by atoms with Crippen LogP contribution < -0.4 is 15.8 Å². The van der Waals surface area contributed by atoms with Gasteiger partial charge in [-0.25, -0.2) is 17.8 Å². The SMILES string of the molecule is CC(C(=O)NCc1ccc(C(F)(F)F)nc1OCc1ccc(C(C)(C)C)cc1)c1ccc(S(C)(=O)=O)c(F)c1N. The number of alkyl halides is 3. The van der Waals surface area contributed by atoms with Crippen molar-refractivity contribution in [2.75, 3.05) is 12.0 Å². The lowest BCUT2D eigenvalue weighted by molar-refractivity contribution is -0.141. The van der Waals surface area contributed by atoms with Crippen LogP contribution in [-0.2, 0) is 39.4 Å². The number of pyridine rings is 1. The molecule has 1 aromatic heterocycles. The van der Waals surface area contributed by atoms with Crippen LogP contribution in [0.3, 0.4) is 0 Å². The number of halogens is 4. The Hall–Kier alpha value is -3.67. The number of benzene rings is 2. The topological polar surface area (TPSA) is 111 Å². The van der Waals surface area contributed by atoms with Crippen molar-refractivity contribution in [3.63, 3.8) is 0 Å². The van der Waals surface area contributed by atoms with Gasteiger partial charge in [-0.15, -0.1) is 0 Å². The summed E-state index contributed by atoms with van der Waals surface area (Å²) in [6, 6.07) is 11.7. The molecule has 0 saturated heterocycles. The van der Waals surface area contributed by atoms with Crippen LogP contribution in [0.25, 0.3) is 0 Å². The van der Waals surface area contributed by atoms with Crippen LogP contribution >= 0.6 is 0 Å². The molecule has 7 nitrogen and oxygen atoms in total. The fourth-order valence-corrected chi connectivity index (χ4v) is 4.62. The number of rotatable bonds is 8. The number of carbonyl (C=O) groups excluding carboxylic acids is 1. The summed E-state index contributed by atoms with van der Waals surface area (Å²) in [7, 11) is -3.87. The third-order valence-corrected chi connectivity index (χ3v) is 7.43. The third-order valence-electron chi connectivity index (χ3n) is 6.32. The average molecular weight is 582 g/mol. The van der Waals surface area contributed by atoms with Gasteiger partial charge >= 0.3 is 6.18 Å². The Kier molecular flexibility index (Phi) is 8.83. The van der Waals surface area contributed by atoms with Crippen LogP contribution in [-0.4, -0.2) is 25.6 Å². The number of anilines is 1. The number of hydrogen-bond acceptors (Lipinski definition) is 6. The van der Waals surface area contributed by atoms with Crippen molar-refractivity contribution in [1.82, 2.24) is 10.3 Å². The zero-order valence-electron chi connectivity index (χ0n) is 22.7. The molecule has 0 fully saturated rings. The summed E-state index contributed by atoms with van der Waals surface area (Å²) >= 11 is 0. The number of amides is 1. The largest absolute Gasteiger partial charge is 0.473 e. The summed E-state index contributed by atoms with van der Waals surface area (Å²) in [6.07, 6.45) is -3.87. The average Bonchev–Trinajstić information content (AvgIpc) is 2.85. The van der Waals surface area contributed by atoms with Gasteiger partial charge in [0.05, 0.1) is 11.6 Å². The van der Waals surface area contributed by atoms with Gasteiger partial charge < -0.3 is 15.8 Å². The van der Waals surface area contributed by atoms with Crippen molar-refractivity contribution in [3.05, 3.63) is 82.3 Å². The first-order chi connectivity index (χ1) is 18.4. The first-order valence-electron chi connectivity index (χ1n) is 12.2. The van der Waals surface area contributed by atoms with E-state index in [1.54, 1.807) is 0 Å². The van der Waals surface area contributed by atoms with Crippen molar-refractivity contribution in [1.29, 1.82) is 0 Å². The number of aromatic nitrogens is 1. The van der Waals surface area contributed by atoms with E-state index in [9.17, 15) is 30.8 Å². The Labute approximate surface area is 230 Å². The molecule has 1 amide bonds. The number of nitrogen functional groups attached to an aromatic ring is 1. The van der Waals surface area contributed by atoms with E-state index in [1.807, 2.05) is 24.3 Å². The van der Waals surface area contributed by atoms with Crippen molar-refractivity contribution in [2.45, 2.75) is 63.3 Å². The maximum atomic E-state index is 14.6. The van der Waals surface area contributed by atoms with E-state index < -0.39 is 49.9 Å². The molecule has 0 aliphatic rings. The Morgan fingerprint density at radius 2 is 1.68 bits per heavy atom. The fraction of sp³-hybridized carbons (Fsp3) is 0.357. The minimum absolute atomic E-state index is 0.0570. The van der Waals surface area contributed by atoms with Gasteiger partial charge in [-0.2, -0.15) is 13.2 Å². The molecule has 1 heterocycles. The molecule has 40 heavy (non-hydrogen) atoms. The molecule has 0 spiro atoms. The van der Waals surface area contributed by atoms with Crippen molar-refractivity contribution in [2.24, 2.45) is 0 Å². The number of ether oxygens (including phenoxy) is 1. The normalized spacial score (nSPS) is 13.1. The molecule has 0 bridgehead atoms. The highest BCUT2D eigenvalue weighted by Gasteiger charge is 2.33. The molecule has 0 aliphatic heterocycles. The molecule has 3 rings (SSSR count). The number of nitrogens with one attached hydrogen (secondary N) is 1. The van der Waals surface area contributed by atoms with Gasteiger partial charge in [-0.3, -0.25) is 4.79 Å². The van der Waals surface area contributed by atoms with Gasteiger partial charge in [-0.1, -0.05) is 51.1 Å². The molecule has 216 valence electrons. The Balaban J connectivity index is 1.79. The Bertz CT molecular complexity index is 1500. The highest BCUT2D eigenvalue weighted by Crippen LogP contribution is 2.32. The molecule has 1 unspecified atom stereocenters. The fourth-order valence-electron chi connectivity index (χ4n) is 3.87. The van der Waals surface area contributed by atoms with Gasteiger partial charge in [0.1, 0.15) is 17.2 Å². The zero-order valence-corrected chi connectivity index (χ0v) is 23.5. The van der Waals surface area contributed by atoms with Crippen molar-refractivity contribution in [3.8, 4) is 5.88 Å². The predicted molar refractivity (Wildman–Crippen MR) is 143 cm³/mol. The summed E-state index contributed by atoms with van der Waals surface area (Å²) < 4.78 is 83.7. The lowest BCUT2D eigenvalue weighted by Crippen LogP contribution is -2.28. The standard InChI is InChI=1S/C28H31F4N3O4S/c1-16(20-11-12-21(40(5,37)38)23(29)24(20)33)25(36)34-14-18-8-13-22(28(30,31)32)35-26(18)39-15-17-6-9-19(10-7-17)27(2,3)4/h6-13,16H,14-15,33H2,1-5H3,(H,34,36). The zero-order chi connectivity index (χ0) is 30.0. The van der Waals surface area contributed by atoms with Gasteiger partial charge in [0.2, 0.25) is 11.8 Å². The molecule has 0 saturated carbocycles. The van der Waals surface area contributed by atoms with E-state index in [0.717, 1.165) is 30.0 Å². The lowest BCUT2D eigenvalue weighted by atomic mass is 9.87. The Morgan fingerprint density at radius 3 is 2.23 bits per heavy atom. The van der Waals surface area contributed by atoms with Crippen LogP contribution in [0, 0.1) is 5.82 Å². The second-order valence-electron chi connectivity index (χ2n) is 10.5. The molecule has 1 atom stereocenters. The maximum absolute atomic E-state index is 14.6. The maximum Gasteiger partial charge on any atom is 0.433 e. The second kappa shape index (κ2) is 11.4. The molecule has 2 aromatic carbocycles. The van der Waals surface area contributed by atoms with E-state index in [4.69, 9.17) is 10.5 Å². The monoisotopic (exact) mass is 581 g/mol. The predicted octanol–water partition coefficient (Wildman–Crippen LogP) is 5.52. The van der Waals surface area contributed by atoms with Gasteiger partial charge in [-0.05, 0) is 47.2 Å². The summed E-state index contributed by atoms with van der Waals surface area (Å²) in [4.78, 5) is 15.9. The number of carbonyl (C=O) groups is 1. The summed E-state index contributed by atoms with van der Waals surface area (Å²) in [6.45, 7) is 7.31. The number of sulfone groups is 1. The van der Waals surface area contributed by atoms with Crippen LogP contribution in [0.1, 0.15) is 61.6 Å². The molecule has 0 aliphatic carbocycles. The molecular formula is C28H31F4N3O4S. The van der Waals surface area contributed by atoms with Gasteiger partial charge in [0.15, 0.2) is 15.7 Å². The third kappa shape index (κ3) is 7.29.